The molecule has 1 aliphatic heterocycles. The van der Waals surface area contributed by atoms with Crippen molar-refractivity contribution < 1.29 is 33.6 Å². The van der Waals surface area contributed by atoms with Crippen LogP contribution in [0.15, 0.2) is 94.9 Å². The van der Waals surface area contributed by atoms with E-state index in [2.05, 4.69) is 5.10 Å². The van der Waals surface area contributed by atoms with E-state index in [4.69, 9.17) is 31.2 Å². The van der Waals surface area contributed by atoms with Gasteiger partial charge in [-0.1, -0.05) is 17.8 Å². The molecule has 5 rings (SSSR count). The molecule has 0 spiro atoms. The topological polar surface area (TPSA) is 156 Å². The van der Waals surface area contributed by atoms with E-state index in [0.29, 0.717) is 39.0 Å². The van der Waals surface area contributed by atoms with Crippen molar-refractivity contribution in [1.29, 1.82) is 0 Å². The zero-order chi connectivity index (χ0) is 34.2. The molecule has 0 saturated carbocycles. The lowest BCUT2D eigenvalue weighted by Crippen LogP contribution is -2.22. The monoisotopic (exact) mass is 686 g/mol. The van der Waals surface area contributed by atoms with Crippen LogP contribution in [0.4, 0.5) is 11.4 Å². The highest BCUT2D eigenvalue weighted by atomic mass is 32.2. The lowest BCUT2D eigenvalue weighted by atomic mass is 10.1. The fraction of sp³-hybridized carbons (Fsp3) is 0.121. The number of carbonyl (C=O) groups excluding carboxylic acids is 1. The number of hydrogen-bond donors (Lipinski definition) is 0. The Morgan fingerprint density at radius 2 is 1.23 bits per heavy atom. The van der Waals surface area contributed by atoms with Gasteiger partial charge >= 0.3 is 0 Å². The van der Waals surface area contributed by atoms with Crippen LogP contribution >= 0.6 is 24.0 Å². The number of non-ortho nitro benzene ring substituents is 2. The highest BCUT2D eigenvalue weighted by Crippen LogP contribution is 2.35. The van der Waals surface area contributed by atoms with Gasteiger partial charge in [0.2, 0.25) is 0 Å². The molecule has 15 heteroatoms. The SMILES string of the molecule is COc1cc(/C=C2\SC(=S)N(/N=C/c3ccc(OCc4ccc([N+](=O)[O-])cc4)c(OC)c3)C2=O)ccc1OCc1ccc([N+](=O)[O-])cc1. The number of nitro benzene ring substituents is 2. The second-order valence-corrected chi connectivity index (χ2v) is 11.7. The summed E-state index contributed by atoms with van der Waals surface area (Å²) in [5, 5.41) is 27.2. The molecule has 1 aliphatic rings. The number of amides is 1. The molecular weight excluding hydrogens is 661 g/mol. The number of rotatable bonds is 13. The molecule has 13 nitrogen and oxygen atoms in total. The Kier molecular flexibility index (Phi) is 10.6. The number of benzene rings is 4. The number of methoxy groups -OCH3 is 2. The summed E-state index contributed by atoms with van der Waals surface area (Å²) in [6.07, 6.45) is 3.16. The maximum Gasteiger partial charge on any atom is 0.286 e. The largest absolute Gasteiger partial charge is 0.493 e. The van der Waals surface area contributed by atoms with Crippen LogP contribution in [-0.4, -0.2) is 45.5 Å². The lowest BCUT2D eigenvalue weighted by Gasteiger charge is -2.12. The Hall–Kier alpha value is -5.80. The van der Waals surface area contributed by atoms with E-state index in [0.717, 1.165) is 27.9 Å². The van der Waals surface area contributed by atoms with Gasteiger partial charge in [0.25, 0.3) is 17.3 Å². The summed E-state index contributed by atoms with van der Waals surface area (Å²) in [7, 11) is 2.99. The zero-order valence-electron chi connectivity index (χ0n) is 25.4. The quantitative estimate of drug-likeness (QED) is 0.0473. The molecular formula is C33H26N4O9S2. The number of hydrazone groups is 1. The van der Waals surface area contributed by atoms with E-state index in [1.165, 1.54) is 44.7 Å². The molecule has 0 aromatic heterocycles. The summed E-state index contributed by atoms with van der Waals surface area (Å²) in [5.74, 6) is 1.39. The van der Waals surface area contributed by atoms with Crippen LogP contribution in [0.25, 0.3) is 6.08 Å². The summed E-state index contributed by atoms with van der Waals surface area (Å²) in [4.78, 5) is 34.4. The van der Waals surface area contributed by atoms with Crippen molar-refractivity contribution in [2.75, 3.05) is 14.2 Å². The van der Waals surface area contributed by atoms with Crippen molar-refractivity contribution in [2.24, 2.45) is 5.10 Å². The molecule has 4 aromatic rings. The number of nitrogens with zero attached hydrogens (tertiary/aromatic N) is 4. The van der Waals surface area contributed by atoms with Crippen LogP contribution in [0.3, 0.4) is 0 Å². The summed E-state index contributed by atoms with van der Waals surface area (Å²) >= 11 is 6.53. The molecule has 4 aromatic carbocycles. The molecule has 1 heterocycles. The first-order valence-electron chi connectivity index (χ1n) is 14.1. The number of nitro groups is 2. The maximum absolute atomic E-state index is 13.2. The number of thioether (sulfide) groups is 1. The zero-order valence-corrected chi connectivity index (χ0v) is 27.1. The van der Waals surface area contributed by atoms with E-state index in [1.54, 1.807) is 66.7 Å². The van der Waals surface area contributed by atoms with Crippen molar-refractivity contribution in [1.82, 2.24) is 5.01 Å². The van der Waals surface area contributed by atoms with Gasteiger partial charge in [-0.25, -0.2) is 0 Å². The van der Waals surface area contributed by atoms with Crippen molar-refractivity contribution in [3.05, 3.63) is 132 Å². The van der Waals surface area contributed by atoms with E-state index in [9.17, 15) is 25.0 Å². The average molecular weight is 687 g/mol. The van der Waals surface area contributed by atoms with Crippen molar-refractivity contribution in [3.63, 3.8) is 0 Å². The third-order valence-corrected chi connectivity index (χ3v) is 8.13. The molecule has 0 atom stereocenters. The highest BCUT2D eigenvalue weighted by molar-refractivity contribution is 8.26. The van der Waals surface area contributed by atoms with Gasteiger partial charge in [-0.3, -0.25) is 25.0 Å². The molecule has 0 N–H and O–H groups in total. The van der Waals surface area contributed by atoms with Gasteiger partial charge in [0.15, 0.2) is 27.3 Å². The summed E-state index contributed by atoms with van der Waals surface area (Å²) in [6.45, 7) is 0.350. The predicted octanol–water partition coefficient (Wildman–Crippen LogP) is 6.91. The third-order valence-electron chi connectivity index (χ3n) is 6.85. The minimum absolute atomic E-state index is 0.00330. The van der Waals surface area contributed by atoms with Crippen LogP contribution in [0.1, 0.15) is 22.3 Å². The second kappa shape index (κ2) is 15.2. The maximum atomic E-state index is 13.2. The van der Waals surface area contributed by atoms with Crippen LogP contribution in [0.5, 0.6) is 23.0 Å². The number of thiocarbonyl (C=S) groups is 1. The Bertz CT molecular complexity index is 1930. The molecule has 0 radical (unpaired) electrons. The first kappa shape index (κ1) is 33.6. The minimum atomic E-state index is -0.464. The van der Waals surface area contributed by atoms with Gasteiger partial charge in [0.05, 0.1) is 35.2 Å². The first-order chi connectivity index (χ1) is 23.1. The van der Waals surface area contributed by atoms with Crippen molar-refractivity contribution in [3.8, 4) is 23.0 Å². The standard InChI is InChI=1S/C33H26N4O9S2/c1-43-29-15-23(7-13-27(29)45-19-21-3-9-25(10-4-21)36(39)40)17-31-32(38)35(33(47)48-31)34-18-24-8-14-28(30(16-24)44-2)46-20-22-5-11-26(12-6-22)37(41)42/h3-18H,19-20H2,1-2H3/b31-17-,34-18+. The smallest absolute Gasteiger partial charge is 0.286 e. The summed E-state index contributed by atoms with van der Waals surface area (Å²) in [5.41, 5.74) is 2.79. The van der Waals surface area contributed by atoms with Gasteiger partial charge < -0.3 is 18.9 Å². The molecule has 1 fully saturated rings. The van der Waals surface area contributed by atoms with Gasteiger partial charge in [-0.2, -0.15) is 10.1 Å². The molecule has 0 bridgehead atoms. The Labute approximate surface area is 283 Å². The number of hydrogen-bond acceptors (Lipinski definition) is 12. The first-order valence-corrected chi connectivity index (χ1v) is 15.3. The summed E-state index contributed by atoms with van der Waals surface area (Å²) in [6, 6.07) is 22.5. The lowest BCUT2D eigenvalue weighted by molar-refractivity contribution is -0.385. The molecule has 244 valence electrons. The Morgan fingerprint density at radius 3 is 1.71 bits per heavy atom. The van der Waals surface area contributed by atoms with Crippen molar-refractivity contribution in [2.45, 2.75) is 13.2 Å². The molecule has 0 aliphatic carbocycles. The Morgan fingerprint density at radius 1 is 0.750 bits per heavy atom. The van der Waals surface area contributed by atoms with Crippen LogP contribution < -0.4 is 18.9 Å². The van der Waals surface area contributed by atoms with Crippen LogP contribution in [0.2, 0.25) is 0 Å². The minimum Gasteiger partial charge on any atom is -0.493 e. The fourth-order valence-electron chi connectivity index (χ4n) is 4.36. The normalized spacial score (nSPS) is 13.6. The van der Waals surface area contributed by atoms with Gasteiger partial charge in [-0.05, 0) is 95.1 Å². The van der Waals surface area contributed by atoms with Gasteiger partial charge in [0.1, 0.15) is 13.2 Å². The molecule has 1 amide bonds. The molecule has 0 unspecified atom stereocenters. The average Bonchev–Trinajstić information content (AvgIpc) is 3.36. The van der Waals surface area contributed by atoms with E-state index >= 15 is 0 Å². The van der Waals surface area contributed by atoms with Gasteiger partial charge in [0, 0.05) is 24.3 Å². The van der Waals surface area contributed by atoms with Gasteiger partial charge in [-0.15, -0.1) is 0 Å². The number of ether oxygens (including phenoxy) is 4. The molecule has 48 heavy (non-hydrogen) atoms. The van der Waals surface area contributed by atoms with Crippen molar-refractivity contribution >= 4 is 57.9 Å². The second-order valence-electron chi connectivity index (χ2n) is 9.98. The fourth-order valence-corrected chi connectivity index (χ4v) is 5.53. The number of carbonyl (C=O) groups is 1. The Balaban J connectivity index is 1.22. The highest BCUT2D eigenvalue weighted by Gasteiger charge is 2.32. The van der Waals surface area contributed by atoms with Crippen LogP contribution in [0, 0.1) is 20.2 Å². The van der Waals surface area contributed by atoms with E-state index in [-0.39, 0.29) is 28.9 Å². The predicted molar refractivity (Wildman–Crippen MR) is 183 cm³/mol. The van der Waals surface area contributed by atoms with E-state index in [1.807, 2.05) is 0 Å². The molecule has 1 saturated heterocycles. The third kappa shape index (κ3) is 8.12. The van der Waals surface area contributed by atoms with Crippen LogP contribution in [-0.2, 0) is 18.0 Å². The summed E-state index contributed by atoms with van der Waals surface area (Å²) < 4.78 is 22.9. The van der Waals surface area contributed by atoms with E-state index < -0.39 is 15.8 Å².